The summed E-state index contributed by atoms with van der Waals surface area (Å²) in [5.74, 6) is 1.55. The molecule has 4 aromatic rings. The molecule has 0 aliphatic rings. The van der Waals surface area contributed by atoms with Gasteiger partial charge in [-0.15, -0.1) is 0 Å². The van der Waals surface area contributed by atoms with Gasteiger partial charge in [-0.2, -0.15) is 5.10 Å². The normalized spacial score (nSPS) is 11.4. The molecule has 30 heavy (non-hydrogen) atoms. The lowest BCUT2D eigenvalue weighted by molar-refractivity contribution is 0.202. The molecule has 2 aromatic heterocycles. The van der Waals surface area contributed by atoms with E-state index in [0.717, 1.165) is 18.8 Å². The molecule has 0 aliphatic carbocycles. The smallest absolute Gasteiger partial charge is 0.258 e. The monoisotopic (exact) mass is 420 g/mol. The molecular weight excluding hydrogens is 396 g/mol. The van der Waals surface area contributed by atoms with E-state index in [-0.39, 0.29) is 5.56 Å². The van der Waals surface area contributed by atoms with E-state index in [1.165, 1.54) is 5.56 Å². The highest BCUT2D eigenvalue weighted by Crippen LogP contribution is 2.11. The van der Waals surface area contributed by atoms with Gasteiger partial charge in [-0.25, -0.2) is 9.67 Å². The van der Waals surface area contributed by atoms with Gasteiger partial charge in [0.2, 0.25) is 0 Å². The lowest BCUT2D eigenvalue weighted by Gasteiger charge is -2.19. The Morgan fingerprint density at radius 2 is 1.83 bits per heavy atom. The van der Waals surface area contributed by atoms with Crippen molar-refractivity contribution in [3.05, 3.63) is 86.9 Å². The van der Waals surface area contributed by atoms with Crippen LogP contribution in [0.4, 0.5) is 0 Å². The lowest BCUT2D eigenvalue weighted by Crippen LogP contribution is -2.28. The van der Waals surface area contributed by atoms with Crippen molar-refractivity contribution < 1.29 is 0 Å². The second-order valence-corrected chi connectivity index (χ2v) is 7.60. The van der Waals surface area contributed by atoms with Crippen molar-refractivity contribution in [3.63, 3.8) is 0 Å². The fourth-order valence-corrected chi connectivity index (χ4v) is 3.63. The van der Waals surface area contributed by atoms with Crippen molar-refractivity contribution in [1.82, 2.24) is 29.2 Å². The molecule has 0 saturated heterocycles. The van der Waals surface area contributed by atoms with E-state index in [4.69, 9.17) is 17.3 Å². The zero-order chi connectivity index (χ0) is 21.1. The highest BCUT2D eigenvalue weighted by Gasteiger charge is 2.13. The van der Waals surface area contributed by atoms with Crippen LogP contribution < -0.4 is 5.56 Å². The number of aromatic amines is 1. The fraction of sp³-hybridized carbons (Fsp3) is 0.273. The Balaban J connectivity index is 1.55. The summed E-state index contributed by atoms with van der Waals surface area (Å²) in [7, 11) is 1.95. The molecule has 0 fully saturated rings. The summed E-state index contributed by atoms with van der Waals surface area (Å²) in [6, 6.07) is 17.6. The average Bonchev–Trinajstić information content (AvgIpc) is 3.02. The number of para-hydroxylation sites is 1. The molecule has 0 radical (unpaired) electrons. The Morgan fingerprint density at radius 1 is 1.10 bits per heavy atom. The maximum absolute atomic E-state index is 12.4. The first-order valence-electron chi connectivity index (χ1n) is 9.92. The Morgan fingerprint density at radius 3 is 2.60 bits per heavy atom. The number of nitrogens with zero attached hydrogens (tertiary/aromatic N) is 5. The Bertz CT molecular complexity index is 1270. The zero-order valence-electron chi connectivity index (χ0n) is 17.1. The number of hydrogen-bond donors (Lipinski definition) is 1. The summed E-state index contributed by atoms with van der Waals surface area (Å²) in [4.78, 5) is 22.0. The third-order valence-corrected chi connectivity index (χ3v) is 5.64. The molecule has 0 saturated carbocycles. The van der Waals surface area contributed by atoms with Crippen LogP contribution in [0.15, 0.2) is 59.4 Å². The highest BCUT2D eigenvalue weighted by atomic mass is 32.1. The van der Waals surface area contributed by atoms with Crippen LogP contribution in [0, 0.1) is 4.77 Å². The summed E-state index contributed by atoms with van der Waals surface area (Å²) < 4.78 is 4.45. The van der Waals surface area contributed by atoms with E-state index < -0.39 is 0 Å². The van der Waals surface area contributed by atoms with Crippen molar-refractivity contribution in [2.75, 3.05) is 6.54 Å². The molecule has 0 unspecified atom stereocenters. The SMILES string of the molecule is CCN(Cc1nc2ccccc2c(=O)[nH]1)Cn1nc(Cc2ccccc2)n(C)c1=S. The van der Waals surface area contributed by atoms with Crippen LogP contribution in [0.5, 0.6) is 0 Å². The highest BCUT2D eigenvalue weighted by molar-refractivity contribution is 7.71. The number of H-pyrrole nitrogens is 1. The summed E-state index contributed by atoms with van der Waals surface area (Å²) >= 11 is 5.61. The molecule has 2 heterocycles. The fourth-order valence-electron chi connectivity index (χ4n) is 3.43. The molecule has 0 amide bonds. The molecule has 8 heteroatoms. The first kappa shape index (κ1) is 20.2. The molecule has 0 bridgehead atoms. The standard InChI is InChI=1S/C22H24N6OS/c1-3-27(14-19-23-18-12-8-7-11-17(18)21(29)24-19)15-28-22(30)26(2)20(25-28)13-16-9-5-4-6-10-16/h4-12H,3,13-15H2,1-2H3,(H,23,24,29). The molecule has 4 rings (SSSR count). The molecule has 1 N–H and O–H groups in total. The summed E-state index contributed by atoms with van der Waals surface area (Å²) in [6.45, 7) is 3.86. The quantitative estimate of drug-likeness (QED) is 0.465. The van der Waals surface area contributed by atoms with Crippen LogP contribution in [0.3, 0.4) is 0 Å². The summed E-state index contributed by atoms with van der Waals surface area (Å²) in [5, 5.41) is 5.34. The van der Waals surface area contributed by atoms with Crippen molar-refractivity contribution in [1.29, 1.82) is 0 Å². The van der Waals surface area contributed by atoms with Gasteiger partial charge in [0.15, 0.2) is 4.77 Å². The summed E-state index contributed by atoms with van der Waals surface area (Å²) in [5.41, 5.74) is 1.77. The molecule has 0 spiro atoms. The minimum atomic E-state index is -0.119. The van der Waals surface area contributed by atoms with Crippen LogP contribution >= 0.6 is 12.2 Å². The van der Waals surface area contributed by atoms with Crippen LogP contribution in [-0.4, -0.2) is 35.8 Å². The molecule has 2 aromatic carbocycles. The van der Waals surface area contributed by atoms with Crippen molar-refractivity contribution >= 4 is 23.1 Å². The number of rotatable bonds is 7. The molecular formula is C22H24N6OS. The van der Waals surface area contributed by atoms with Gasteiger partial charge in [0.1, 0.15) is 11.6 Å². The van der Waals surface area contributed by atoms with E-state index in [9.17, 15) is 4.79 Å². The predicted octanol–water partition coefficient (Wildman–Crippen LogP) is 3.26. The van der Waals surface area contributed by atoms with E-state index >= 15 is 0 Å². The first-order chi connectivity index (χ1) is 14.5. The van der Waals surface area contributed by atoms with Crippen molar-refractivity contribution in [2.45, 2.75) is 26.6 Å². The number of benzene rings is 2. The largest absolute Gasteiger partial charge is 0.309 e. The van der Waals surface area contributed by atoms with Gasteiger partial charge in [-0.3, -0.25) is 9.69 Å². The second kappa shape index (κ2) is 8.73. The maximum atomic E-state index is 12.4. The topological polar surface area (TPSA) is 71.7 Å². The van der Waals surface area contributed by atoms with Crippen LogP contribution in [0.25, 0.3) is 10.9 Å². The lowest BCUT2D eigenvalue weighted by atomic mass is 10.1. The van der Waals surface area contributed by atoms with Gasteiger partial charge < -0.3 is 9.55 Å². The minimum Gasteiger partial charge on any atom is -0.309 e. The van der Waals surface area contributed by atoms with Crippen LogP contribution in [0.1, 0.15) is 24.1 Å². The van der Waals surface area contributed by atoms with Crippen LogP contribution in [-0.2, 0) is 26.7 Å². The average molecular weight is 421 g/mol. The Kier molecular flexibility index (Phi) is 5.87. The number of nitrogens with one attached hydrogen (secondary N) is 1. The van der Waals surface area contributed by atoms with Crippen molar-refractivity contribution in [2.24, 2.45) is 7.05 Å². The zero-order valence-corrected chi connectivity index (χ0v) is 17.9. The molecule has 0 aliphatic heterocycles. The Hall–Kier alpha value is -3.10. The molecule has 154 valence electrons. The van der Waals surface area contributed by atoms with E-state index in [1.54, 1.807) is 6.07 Å². The third kappa shape index (κ3) is 4.24. The number of fused-ring (bicyclic) bond motifs is 1. The van der Waals surface area contributed by atoms with Crippen molar-refractivity contribution in [3.8, 4) is 0 Å². The van der Waals surface area contributed by atoms with E-state index in [1.807, 2.05) is 52.7 Å². The van der Waals surface area contributed by atoms with Gasteiger partial charge in [0.05, 0.1) is 24.1 Å². The maximum Gasteiger partial charge on any atom is 0.258 e. The second-order valence-electron chi connectivity index (χ2n) is 7.24. The molecule has 0 atom stereocenters. The van der Waals surface area contributed by atoms with Gasteiger partial charge in [-0.05, 0) is 36.5 Å². The first-order valence-corrected chi connectivity index (χ1v) is 10.3. The minimum absolute atomic E-state index is 0.119. The van der Waals surface area contributed by atoms with Gasteiger partial charge in [-0.1, -0.05) is 49.4 Å². The van der Waals surface area contributed by atoms with E-state index in [2.05, 4.69) is 33.9 Å². The predicted molar refractivity (Wildman–Crippen MR) is 120 cm³/mol. The van der Waals surface area contributed by atoms with E-state index in [0.29, 0.717) is 34.7 Å². The van der Waals surface area contributed by atoms with Gasteiger partial charge >= 0.3 is 0 Å². The number of aromatic nitrogens is 5. The number of hydrogen-bond acceptors (Lipinski definition) is 5. The van der Waals surface area contributed by atoms with Gasteiger partial charge in [0.25, 0.3) is 5.56 Å². The summed E-state index contributed by atoms with van der Waals surface area (Å²) in [6.07, 6.45) is 0.722. The third-order valence-electron chi connectivity index (χ3n) is 5.15. The molecule has 7 nitrogen and oxygen atoms in total. The van der Waals surface area contributed by atoms with Crippen LogP contribution in [0.2, 0.25) is 0 Å². The Labute approximate surface area is 179 Å². The van der Waals surface area contributed by atoms with Gasteiger partial charge in [0, 0.05) is 13.5 Å².